The molecular formula is C5H3BrF3N2. The molecule has 0 aromatic carbocycles. The lowest BCUT2D eigenvalue weighted by atomic mass is 10.3. The molecule has 0 unspecified atom stereocenters. The first kappa shape index (κ1) is 8.58. The first-order valence-corrected chi connectivity index (χ1v) is 3.48. The normalized spacial score (nSPS) is 17.5. The van der Waals surface area contributed by atoms with Gasteiger partial charge < -0.3 is 0 Å². The van der Waals surface area contributed by atoms with Crippen LogP contribution in [0, 0.1) is 0 Å². The Labute approximate surface area is 69.3 Å². The highest BCUT2D eigenvalue weighted by Crippen LogP contribution is 2.23. The topological polar surface area (TPSA) is 26.5 Å². The Morgan fingerprint density at radius 1 is 1.45 bits per heavy atom. The molecule has 6 heteroatoms. The van der Waals surface area contributed by atoms with Gasteiger partial charge in [-0.2, -0.15) is 18.3 Å². The minimum atomic E-state index is -4.21. The maximum atomic E-state index is 11.7. The van der Waals surface area contributed by atoms with E-state index in [4.69, 9.17) is 0 Å². The van der Waals surface area contributed by atoms with Crippen LogP contribution in [0.2, 0.25) is 0 Å². The summed E-state index contributed by atoms with van der Waals surface area (Å²) in [5.74, 6) is 0. The zero-order valence-electron chi connectivity index (χ0n) is 5.19. The fraction of sp³-hybridized carbons (Fsp3) is 0.400. The van der Waals surface area contributed by atoms with E-state index >= 15 is 0 Å². The van der Waals surface area contributed by atoms with Gasteiger partial charge in [0.25, 0.3) is 0 Å². The van der Waals surface area contributed by atoms with Gasteiger partial charge >= 0.3 is 6.18 Å². The second-order valence-corrected chi connectivity index (χ2v) is 2.76. The van der Waals surface area contributed by atoms with Gasteiger partial charge in [-0.25, -0.2) is 0 Å². The number of alkyl halides is 3. The van der Waals surface area contributed by atoms with Crippen molar-refractivity contribution in [2.45, 2.75) is 12.6 Å². The summed E-state index contributed by atoms with van der Waals surface area (Å²) >= 11 is 2.90. The van der Waals surface area contributed by atoms with Gasteiger partial charge in [-0.1, -0.05) is 0 Å². The lowest BCUT2D eigenvalue weighted by molar-refractivity contribution is -0.121. The number of halogens is 4. The van der Waals surface area contributed by atoms with Crippen LogP contribution >= 0.6 is 15.9 Å². The molecule has 1 radical (unpaired) electrons. The van der Waals surface area contributed by atoms with E-state index < -0.39 is 12.6 Å². The Bertz CT molecular complexity index is 218. The standard InChI is InChI=1S/C5H3BrF3N2/c6-4-1-3(10-11-4)2-5(7,8)9/h1H,2H2. The fourth-order valence-corrected chi connectivity index (χ4v) is 0.943. The van der Waals surface area contributed by atoms with Crippen molar-refractivity contribution >= 4 is 21.6 Å². The molecule has 0 saturated carbocycles. The summed E-state index contributed by atoms with van der Waals surface area (Å²) in [6, 6.07) is 0. The van der Waals surface area contributed by atoms with Crippen molar-refractivity contribution in [1.29, 1.82) is 0 Å². The molecule has 0 spiro atoms. The predicted octanol–water partition coefficient (Wildman–Crippen LogP) is 2.15. The average Bonchev–Trinajstić information content (AvgIpc) is 2.10. The van der Waals surface area contributed by atoms with E-state index in [1.165, 1.54) is 6.08 Å². The lowest BCUT2D eigenvalue weighted by Gasteiger charge is -2.01. The van der Waals surface area contributed by atoms with Gasteiger partial charge in [-0.3, -0.25) is 0 Å². The average molecular weight is 228 g/mol. The molecule has 0 N–H and O–H groups in total. The highest BCUT2D eigenvalue weighted by Gasteiger charge is 2.30. The molecule has 1 aliphatic heterocycles. The Kier molecular flexibility index (Phi) is 2.22. The number of hydrogen-bond donors (Lipinski definition) is 0. The molecule has 0 atom stereocenters. The first-order valence-electron chi connectivity index (χ1n) is 2.69. The largest absolute Gasteiger partial charge is 0.394 e. The second-order valence-electron chi connectivity index (χ2n) is 1.95. The van der Waals surface area contributed by atoms with Crippen LogP contribution in [0.3, 0.4) is 0 Å². The monoisotopic (exact) mass is 227 g/mol. The van der Waals surface area contributed by atoms with Gasteiger partial charge in [-0.05, 0) is 22.0 Å². The number of nitrogens with zero attached hydrogens (tertiary/aromatic N) is 2. The zero-order chi connectivity index (χ0) is 8.48. The van der Waals surface area contributed by atoms with Gasteiger partial charge in [-0.15, -0.1) is 5.43 Å². The van der Waals surface area contributed by atoms with E-state index in [0.29, 0.717) is 4.61 Å². The Hall–Kier alpha value is -0.520. The van der Waals surface area contributed by atoms with E-state index in [-0.39, 0.29) is 5.71 Å². The minimum absolute atomic E-state index is 0.0654. The molecule has 1 heterocycles. The molecule has 0 bridgehead atoms. The van der Waals surface area contributed by atoms with Gasteiger partial charge in [0.15, 0.2) is 0 Å². The van der Waals surface area contributed by atoms with Gasteiger partial charge in [0, 0.05) is 0 Å². The van der Waals surface area contributed by atoms with Crippen LogP contribution in [0.1, 0.15) is 6.42 Å². The van der Waals surface area contributed by atoms with Crippen molar-refractivity contribution in [1.82, 2.24) is 5.43 Å². The molecule has 2 nitrogen and oxygen atoms in total. The lowest BCUT2D eigenvalue weighted by Crippen LogP contribution is -2.12. The van der Waals surface area contributed by atoms with Crippen molar-refractivity contribution in [2.75, 3.05) is 0 Å². The molecule has 0 aromatic heterocycles. The van der Waals surface area contributed by atoms with Crippen molar-refractivity contribution < 1.29 is 13.2 Å². The molecule has 0 saturated heterocycles. The van der Waals surface area contributed by atoms with Crippen molar-refractivity contribution in [3.8, 4) is 0 Å². The Balaban J connectivity index is 2.53. The summed E-state index contributed by atoms with van der Waals surface area (Å²) in [6.45, 7) is 0. The van der Waals surface area contributed by atoms with Gasteiger partial charge in [0.2, 0.25) is 0 Å². The van der Waals surface area contributed by atoms with E-state index in [9.17, 15) is 13.2 Å². The SMILES string of the molecule is FC(F)(F)CC1=N[N]C(Br)=C1. The summed E-state index contributed by atoms with van der Waals surface area (Å²) in [5, 5.41) is 3.28. The smallest absolute Gasteiger partial charge is 0.171 e. The van der Waals surface area contributed by atoms with Crippen LogP contribution in [-0.4, -0.2) is 11.9 Å². The molecule has 1 rings (SSSR count). The predicted molar refractivity (Wildman–Crippen MR) is 37.3 cm³/mol. The van der Waals surface area contributed by atoms with Gasteiger partial charge in [0.05, 0.1) is 12.1 Å². The van der Waals surface area contributed by atoms with Crippen LogP contribution in [0.5, 0.6) is 0 Å². The zero-order valence-corrected chi connectivity index (χ0v) is 6.78. The highest BCUT2D eigenvalue weighted by molar-refractivity contribution is 9.11. The van der Waals surface area contributed by atoms with Crippen LogP contribution < -0.4 is 5.43 Å². The van der Waals surface area contributed by atoms with Crippen LogP contribution in [0.25, 0.3) is 0 Å². The first-order chi connectivity index (χ1) is 4.97. The maximum absolute atomic E-state index is 11.7. The second kappa shape index (κ2) is 2.84. The summed E-state index contributed by atoms with van der Waals surface area (Å²) in [6.07, 6.45) is -3.98. The Morgan fingerprint density at radius 2 is 2.09 bits per heavy atom. The molecule has 0 amide bonds. The number of rotatable bonds is 1. The molecule has 0 aromatic rings. The summed E-state index contributed by atoms with van der Waals surface area (Å²) < 4.78 is 35.3. The van der Waals surface area contributed by atoms with E-state index in [2.05, 4.69) is 26.5 Å². The summed E-state index contributed by atoms with van der Waals surface area (Å²) in [5.41, 5.74) is 3.30. The minimum Gasteiger partial charge on any atom is -0.171 e. The highest BCUT2D eigenvalue weighted by atomic mass is 79.9. The van der Waals surface area contributed by atoms with E-state index in [1.807, 2.05) is 0 Å². The maximum Gasteiger partial charge on any atom is 0.394 e. The molecular weight excluding hydrogens is 225 g/mol. The molecule has 0 aliphatic carbocycles. The molecule has 0 fully saturated rings. The van der Waals surface area contributed by atoms with Crippen molar-refractivity contribution in [3.63, 3.8) is 0 Å². The van der Waals surface area contributed by atoms with Crippen molar-refractivity contribution in [3.05, 3.63) is 10.7 Å². The van der Waals surface area contributed by atoms with Crippen LogP contribution in [0.4, 0.5) is 13.2 Å². The third-order valence-electron chi connectivity index (χ3n) is 0.941. The fourth-order valence-electron chi connectivity index (χ4n) is 0.599. The number of allylic oxidation sites excluding steroid dienone is 1. The van der Waals surface area contributed by atoms with Crippen LogP contribution in [0.15, 0.2) is 15.8 Å². The third kappa shape index (κ3) is 2.92. The quantitative estimate of drug-likeness (QED) is 0.614. The molecule has 11 heavy (non-hydrogen) atoms. The van der Waals surface area contributed by atoms with Gasteiger partial charge in [0.1, 0.15) is 4.61 Å². The molecule has 1 aliphatic rings. The number of hydrogen-bond acceptors (Lipinski definition) is 1. The van der Waals surface area contributed by atoms with E-state index in [0.717, 1.165) is 0 Å². The Morgan fingerprint density at radius 3 is 2.45 bits per heavy atom. The summed E-state index contributed by atoms with van der Waals surface area (Å²) in [7, 11) is 0. The van der Waals surface area contributed by atoms with Crippen LogP contribution in [-0.2, 0) is 0 Å². The molecule has 61 valence electrons. The third-order valence-corrected chi connectivity index (χ3v) is 1.33. The van der Waals surface area contributed by atoms with E-state index in [1.54, 1.807) is 0 Å². The summed E-state index contributed by atoms with van der Waals surface area (Å²) in [4.78, 5) is 0. The van der Waals surface area contributed by atoms with Crippen molar-refractivity contribution in [2.24, 2.45) is 5.10 Å².